The Balaban J connectivity index is 1.55. The van der Waals surface area contributed by atoms with Crippen LogP contribution in [0.25, 0.3) is 0 Å². The van der Waals surface area contributed by atoms with Gasteiger partial charge in [0.15, 0.2) is 0 Å². The molecule has 114 valence electrons. The molecule has 2 fully saturated rings. The fourth-order valence-electron chi connectivity index (χ4n) is 3.69. The summed E-state index contributed by atoms with van der Waals surface area (Å²) in [5, 5.41) is 3.01. The van der Waals surface area contributed by atoms with Gasteiger partial charge in [0, 0.05) is 22.7 Å². The van der Waals surface area contributed by atoms with Gasteiger partial charge in [0.2, 0.25) is 5.91 Å². The van der Waals surface area contributed by atoms with Crippen molar-refractivity contribution < 1.29 is 4.79 Å². The summed E-state index contributed by atoms with van der Waals surface area (Å²) in [6, 6.07) is 8.19. The first-order valence-electron chi connectivity index (χ1n) is 7.66. The van der Waals surface area contributed by atoms with E-state index in [0.717, 1.165) is 28.8 Å². The lowest BCUT2D eigenvalue weighted by Crippen LogP contribution is -2.38. The van der Waals surface area contributed by atoms with Crippen molar-refractivity contribution in [3.05, 3.63) is 27.8 Å². The number of hydrogen-bond acceptors (Lipinski definition) is 3. The maximum atomic E-state index is 12.2. The molecular formula is C16H22IN3O. The molecule has 0 bridgehead atoms. The second-order valence-corrected chi connectivity index (χ2v) is 7.40. The number of halogens is 1. The predicted molar refractivity (Wildman–Crippen MR) is 93.0 cm³/mol. The van der Waals surface area contributed by atoms with Crippen LogP contribution in [0.3, 0.4) is 0 Å². The maximum Gasteiger partial charge on any atom is 0.238 e. The molecule has 0 radical (unpaired) electrons. The molecule has 1 saturated carbocycles. The Morgan fingerprint density at radius 3 is 2.90 bits per heavy atom. The smallest absolute Gasteiger partial charge is 0.238 e. The van der Waals surface area contributed by atoms with Crippen LogP contribution in [-0.2, 0) is 4.79 Å². The van der Waals surface area contributed by atoms with E-state index in [1.165, 1.54) is 12.8 Å². The van der Waals surface area contributed by atoms with E-state index in [0.29, 0.717) is 24.4 Å². The number of amides is 1. The zero-order chi connectivity index (χ0) is 14.8. The number of anilines is 1. The first-order valence-corrected chi connectivity index (χ1v) is 8.73. The lowest BCUT2D eigenvalue weighted by molar-refractivity contribution is -0.117. The first-order chi connectivity index (χ1) is 10.1. The molecule has 3 rings (SSSR count). The number of rotatable bonds is 3. The number of carbonyl (C=O) groups excluding carboxylic acids is 1. The second-order valence-electron chi connectivity index (χ2n) is 6.24. The number of nitrogens with two attached hydrogens (primary N) is 1. The SMILES string of the molecule is NC1CCCC2CN(CC(=O)Nc3ccccc3I)CC12. The minimum Gasteiger partial charge on any atom is -0.327 e. The first kappa shape index (κ1) is 15.2. The van der Waals surface area contributed by atoms with Gasteiger partial charge >= 0.3 is 0 Å². The Bertz CT molecular complexity index is 522. The summed E-state index contributed by atoms with van der Waals surface area (Å²) in [7, 11) is 0. The van der Waals surface area contributed by atoms with E-state index in [2.05, 4.69) is 32.8 Å². The Hall–Kier alpha value is -0.660. The van der Waals surface area contributed by atoms with E-state index in [1.807, 2.05) is 24.3 Å². The monoisotopic (exact) mass is 399 g/mol. The summed E-state index contributed by atoms with van der Waals surface area (Å²) in [5.41, 5.74) is 7.13. The molecule has 0 spiro atoms. The van der Waals surface area contributed by atoms with Crippen LogP contribution in [0.4, 0.5) is 5.69 Å². The molecule has 1 saturated heterocycles. The molecule has 3 atom stereocenters. The fourth-order valence-corrected chi connectivity index (χ4v) is 4.22. The van der Waals surface area contributed by atoms with Crippen LogP contribution >= 0.6 is 22.6 Å². The molecule has 1 aliphatic carbocycles. The number of fused-ring (bicyclic) bond motifs is 1. The van der Waals surface area contributed by atoms with E-state index in [-0.39, 0.29) is 5.91 Å². The van der Waals surface area contributed by atoms with Gasteiger partial charge in [0.05, 0.1) is 12.2 Å². The summed E-state index contributed by atoms with van der Waals surface area (Å²) in [4.78, 5) is 14.5. The van der Waals surface area contributed by atoms with Gasteiger partial charge in [-0.2, -0.15) is 0 Å². The minimum absolute atomic E-state index is 0.0753. The van der Waals surface area contributed by atoms with Crippen LogP contribution in [0.2, 0.25) is 0 Å². The molecule has 21 heavy (non-hydrogen) atoms. The molecule has 4 nitrogen and oxygen atoms in total. The van der Waals surface area contributed by atoms with Gasteiger partial charge in [0.25, 0.3) is 0 Å². The lowest BCUT2D eigenvalue weighted by atomic mass is 9.78. The molecule has 0 aromatic heterocycles. The van der Waals surface area contributed by atoms with Gasteiger partial charge < -0.3 is 11.1 Å². The highest BCUT2D eigenvalue weighted by molar-refractivity contribution is 14.1. The van der Waals surface area contributed by atoms with Gasteiger partial charge in [-0.3, -0.25) is 9.69 Å². The topological polar surface area (TPSA) is 58.4 Å². The third-order valence-corrected chi connectivity index (χ3v) is 5.69. The standard InChI is InChI=1S/C16H22IN3O/c17-13-5-1-2-7-15(13)19-16(21)10-20-8-11-4-3-6-14(18)12(11)9-20/h1-2,5,7,11-12,14H,3-4,6,8-10,18H2,(H,19,21). The molecule has 3 N–H and O–H groups in total. The Labute approximate surface area is 139 Å². The second kappa shape index (κ2) is 6.62. The highest BCUT2D eigenvalue weighted by atomic mass is 127. The van der Waals surface area contributed by atoms with Crippen molar-refractivity contribution in [3.8, 4) is 0 Å². The van der Waals surface area contributed by atoms with Crippen LogP contribution in [0.1, 0.15) is 19.3 Å². The van der Waals surface area contributed by atoms with Crippen LogP contribution in [0.5, 0.6) is 0 Å². The van der Waals surface area contributed by atoms with Crippen LogP contribution in [0, 0.1) is 15.4 Å². The van der Waals surface area contributed by atoms with Gasteiger partial charge in [0.1, 0.15) is 0 Å². The van der Waals surface area contributed by atoms with Crippen LogP contribution in [-0.4, -0.2) is 36.5 Å². The average Bonchev–Trinajstić information content (AvgIpc) is 2.85. The van der Waals surface area contributed by atoms with E-state index in [4.69, 9.17) is 5.73 Å². The number of likely N-dealkylation sites (tertiary alicyclic amines) is 1. The molecule has 5 heteroatoms. The summed E-state index contributed by atoms with van der Waals surface area (Å²) >= 11 is 2.24. The summed E-state index contributed by atoms with van der Waals surface area (Å²) in [6.45, 7) is 2.48. The van der Waals surface area contributed by atoms with Crippen molar-refractivity contribution >= 4 is 34.2 Å². The van der Waals surface area contributed by atoms with Crippen molar-refractivity contribution in [3.63, 3.8) is 0 Å². The number of benzene rings is 1. The van der Waals surface area contributed by atoms with Crippen molar-refractivity contribution in [2.45, 2.75) is 25.3 Å². The number of nitrogens with one attached hydrogen (secondary N) is 1. The van der Waals surface area contributed by atoms with E-state index >= 15 is 0 Å². The molecule has 1 heterocycles. The van der Waals surface area contributed by atoms with E-state index in [9.17, 15) is 4.79 Å². The van der Waals surface area contributed by atoms with Gasteiger partial charge in [-0.15, -0.1) is 0 Å². The average molecular weight is 399 g/mol. The molecule has 2 aliphatic rings. The Kier molecular flexibility index (Phi) is 4.81. The minimum atomic E-state index is 0.0753. The Morgan fingerprint density at radius 2 is 2.14 bits per heavy atom. The van der Waals surface area contributed by atoms with Gasteiger partial charge in [-0.1, -0.05) is 18.6 Å². The predicted octanol–water partition coefficient (Wildman–Crippen LogP) is 2.29. The van der Waals surface area contributed by atoms with Crippen LogP contribution in [0.15, 0.2) is 24.3 Å². The van der Waals surface area contributed by atoms with Crippen molar-refractivity contribution in [2.24, 2.45) is 17.6 Å². The summed E-state index contributed by atoms with van der Waals surface area (Å²) in [5.74, 6) is 1.35. The van der Waals surface area contributed by atoms with Crippen LogP contribution < -0.4 is 11.1 Å². The number of nitrogens with zero attached hydrogens (tertiary/aromatic N) is 1. The van der Waals surface area contributed by atoms with E-state index in [1.54, 1.807) is 0 Å². The van der Waals surface area contributed by atoms with Crippen molar-refractivity contribution in [1.82, 2.24) is 4.90 Å². The number of para-hydroxylation sites is 1. The van der Waals surface area contributed by atoms with E-state index < -0.39 is 0 Å². The number of hydrogen-bond donors (Lipinski definition) is 2. The molecule has 1 aromatic rings. The van der Waals surface area contributed by atoms with Crippen molar-refractivity contribution in [1.29, 1.82) is 0 Å². The molecule has 1 aromatic carbocycles. The zero-order valence-corrected chi connectivity index (χ0v) is 14.3. The van der Waals surface area contributed by atoms with Crippen molar-refractivity contribution in [2.75, 3.05) is 25.0 Å². The van der Waals surface area contributed by atoms with Gasteiger partial charge in [-0.25, -0.2) is 0 Å². The van der Waals surface area contributed by atoms with Gasteiger partial charge in [-0.05, 0) is 59.4 Å². The maximum absolute atomic E-state index is 12.2. The largest absolute Gasteiger partial charge is 0.327 e. The fraction of sp³-hybridized carbons (Fsp3) is 0.562. The number of carbonyl (C=O) groups is 1. The molecule has 1 aliphatic heterocycles. The third-order valence-electron chi connectivity index (χ3n) is 4.74. The molecule has 1 amide bonds. The summed E-state index contributed by atoms with van der Waals surface area (Å²) < 4.78 is 1.07. The lowest BCUT2D eigenvalue weighted by Gasteiger charge is -2.29. The third kappa shape index (κ3) is 3.57. The molecular weight excluding hydrogens is 377 g/mol. The highest BCUT2D eigenvalue weighted by Crippen LogP contribution is 2.35. The zero-order valence-electron chi connectivity index (χ0n) is 12.1. The quantitative estimate of drug-likeness (QED) is 0.767. The normalized spacial score (nSPS) is 29.1. The summed E-state index contributed by atoms with van der Waals surface area (Å²) in [6.07, 6.45) is 3.65. The highest BCUT2D eigenvalue weighted by Gasteiger charge is 2.38. The molecule has 3 unspecified atom stereocenters. The Morgan fingerprint density at radius 1 is 1.33 bits per heavy atom.